The average molecular weight is 1380 g/mol. The van der Waals surface area contributed by atoms with Gasteiger partial charge >= 0.3 is 0 Å². The molecule has 0 radical (unpaired) electrons. The summed E-state index contributed by atoms with van der Waals surface area (Å²) in [6, 6.07) is 17.5. The number of thioether (sulfide) groups is 1. The van der Waals surface area contributed by atoms with Gasteiger partial charge in [0.25, 0.3) is 0 Å². The molecule has 0 amide bonds. The number of hydrogen-bond acceptors (Lipinski definition) is 5. The van der Waals surface area contributed by atoms with Crippen LogP contribution in [0.15, 0.2) is 28.6 Å². The summed E-state index contributed by atoms with van der Waals surface area (Å²) in [4.78, 5) is 5.86. The maximum atomic E-state index is 5.93. The first-order valence-corrected chi connectivity index (χ1v) is 23.7. The molecule has 0 aliphatic carbocycles. The standard InChI is InChI=1S/C18H27O2.C17H25S.C16H22NS.C2H6.3W/c1-17(2,3)12-13-10-14(18(4,5)6)16-15(11-13)19-8-7-9-20-16;1-16(2,3)11-12-9-14(17(4,5)6)13-7-8-18-15(13)10-12;1-15(2,3)9-11-7-12(16(4,5)6)14-13(8-11)17-10-18-14;1-2;;;/h10H,7-9,12H2,1-6H3;9H,7-8,11H2,1-6H3;7,10H,9H2,1-6H3;1-2H3;;;/q3*-1;;;;. The van der Waals surface area contributed by atoms with E-state index in [1.807, 2.05) is 31.1 Å². The number of fused-ring (bicyclic) bond motifs is 3. The van der Waals surface area contributed by atoms with E-state index in [0.29, 0.717) is 12.0 Å². The van der Waals surface area contributed by atoms with E-state index in [1.165, 1.54) is 49.6 Å². The second-order valence-corrected chi connectivity index (χ2v) is 24.7. The van der Waals surface area contributed by atoms with Gasteiger partial charge in [0.05, 0.1) is 24.5 Å². The van der Waals surface area contributed by atoms with Crippen LogP contribution in [0.4, 0.5) is 0 Å². The Labute approximate surface area is 426 Å². The van der Waals surface area contributed by atoms with Crippen LogP contribution in [-0.4, -0.2) is 24.0 Å². The Kier molecular flexibility index (Phi) is 24.2. The summed E-state index contributed by atoms with van der Waals surface area (Å²) in [6.45, 7) is 46.3. The fraction of sp³-hybridized carbons (Fsp3) is 0.642. The van der Waals surface area contributed by atoms with Gasteiger partial charge in [-0.05, 0) is 63.0 Å². The number of nitrogens with zero attached hydrogens (tertiary/aromatic N) is 1. The summed E-state index contributed by atoms with van der Waals surface area (Å²) >= 11 is 3.71. The average Bonchev–Trinajstić information content (AvgIpc) is 3.66. The number of thiazole rings is 1. The molecule has 3 nitrogen and oxygen atoms in total. The first kappa shape index (κ1) is 60.6. The van der Waals surface area contributed by atoms with E-state index in [9.17, 15) is 0 Å². The van der Waals surface area contributed by atoms with Crippen LogP contribution in [0.25, 0.3) is 10.2 Å². The molecule has 0 fully saturated rings. The van der Waals surface area contributed by atoms with Gasteiger partial charge in [0, 0.05) is 75.4 Å². The topological polar surface area (TPSA) is 31.4 Å². The molecule has 0 N–H and O–H groups in total. The Hall–Kier alpha value is -0.435. The van der Waals surface area contributed by atoms with Gasteiger partial charge < -0.3 is 9.47 Å². The van der Waals surface area contributed by atoms with Crippen LogP contribution in [0.1, 0.15) is 184 Å². The van der Waals surface area contributed by atoms with Crippen LogP contribution in [0, 0.1) is 34.4 Å². The monoisotopic (exact) mass is 1380 g/mol. The summed E-state index contributed by atoms with van der Waals surface area (Å²) in [5.74, 6) is 2.93. The van der Waals surface area contributed by atoms with Crippen molar-refractivity contribution >= 4 is 33.3 Å². The van der Waals surface area contributed by atoms with Gasteiger partial charge in [0.1, 0.15) is 0 Å². The van der Waals surface area contributed by atoms with Gasteiger partial charge in [-0.15, -0.1) is 33.2 Å². The van der Waals surface area contributed by atoms with Crippen LogP contribution < -0.4 is 9.47 Å². The molecule has 61 heavy (non-hydrogen) atoms. The molecule has 1 aromatic heterocycles. The van der Waals surface area contributed by atoms with Crippen molar-refractivity contribution in [1.82, 2.24) is 4.98 Å². The zero-order chi connectivity index (χ0) is 44.1. The van der Waals surface area contributed by atoms with Crippen LogP contribution in [0.3, 0.4) is 0 Å². The molecule has 8 heteroatoms. The van der Waals surface area contributed by atoms with Crippen LogP contribution in [-0.2, 0) is 105 Å². The number of aromatic nitrogens is 1. The Morgan fingerprint density at radius 1 is 0.574 bits per heavy atom. The smallest absolute Gasteiger partial charge is 0.0884 e. The van der Waals surface area contributed by atoms with Gasteiger partial charge in [-0.2, -0.15) is 70.1 Å². The van der Waals surface area contributed by atoms with Crippen molar-refractivity contribution < 1.29 is 72.7 Å². The molecule has 2 aliphatic heterocycles. The fourth-order valence-corrected chi connectivity index (χ4v) is 9.33. The molecule has 0 unspecified atom stereocenters. The molecule has 4 aromatic rings. The van der Waals surface area contributed by atoms with Crippen LogP contribution in [0.2, 0.25) is 0 Å². The molecular formula is C53H80NO2S2W3-3. The fourth-order valence-electron chi connectivity index (χ4n) is 7.26. The Morgan fingerprint density at radius 2 is 1.02 bits per heavy atom. The molecule has 0 saturated heterocycles. The van der Waals surface area contributed by atoms with Gasteiger partial charge in [0.15, 0.2) is 0 Å². The SMILES string of the molecule is CC.CC(C)(C)Cc1[c-]c2c(c(C(C)(C)C)c1)CCS2.CC(C)(C)Cc1[c-]c2c(c(C(C)(C)C)c1)OCCCO2.CC(C)(C)Cc1[c-]c2ncsc2c(C(C)(C)C)c1.[W].[W].[W]. The van der Waals surface area contributed by atoms with E-state index < -0.39 is 0 Å². The van der Waals surface area contributed by atoms with Gasteiger partial charge in [-0.3, -0.25) is 4.98 Å². The van der Waals surface area contributed by atoms with E-state index in [0.717, 1.165) is 49.3 Å². The Morgan fingerprint density at radius 3 is 1.51 bits per heavy atom. The molecule has 0 bridgehead atoms. The van der Waals surface area contributed by atoms with Gasteiger partial charge in [0.2, 0.25) is 0 Å². The quantitative estimate of drug-likeness (QED) is 0.191. The molecule has 6 rings (SSSR count). The molecule has 0 spiro atoms. The van der Waals surface area contributed by atoms with Crippen molar-refractivity contribution in [2.24, 2.45) is 16.2 Å². The van der Waals surface area contributed by atoms with Crippen LogP contribution >= 0.6 is 23.1 Å². The third-order valence-corrected chi connectivity index (χ3v) is 11.5. The van der Waals surface area contributed by atoms with Crippen molar-refractivity contribution in [3.05, 3.63) is 80.9 Å². The molecule has 342 valence electrons. The molecule has 2 aliphatic rings. The molecular weight excluding hydrogens is 1300 g/mol. The number of rotatable bonds is 3. The van der Waals surface area contributed by atoms with E-state index in [1.54, 1.807) is 22.5 Å². The van der Waals surface area contributed by atoms with Crippen molar-refractivity contribution in [2.45, 2.75) is 192 Å². The normalized spacial score (nSPS) is 13.9. The summed E-state index contributed by atoms with van der Waals surface area (Å²) < 4.78 is 13.1. The third kappa shape index (κ3) is 19.5. The summed E-state index contributed by atoms with van der Waals surface area (Å²) in [6.07, 6.45) is 5.31. The summed E-state index contributed by atoms with van der Waals surface area (Å²) in [7, 11) is 0. The predicted molar refractivity (Wildman–Crippen MR) is 256 cm³/mol. The second kappa shape index (κ2) is 24.4. The van der Waals surface area contributed by atoms with Gasteiger partial charge in [-0.1, -0.05) is 150 Å². The number of hydrogen-bond donors (Lipinski definition) is 0. The Balaban J connectivity index is 0.000000848. The summed E-state index contributed by atoms with van der Waals surface area (Å²) in [5.41, 5.74) is 13.9. The first-order chi connectivity index (χ1) is 26.5. The van der Waals surface area contributed by atoms with Crippen molar-refractivity contribution in [3.8, 4) is 11.5 Å². The maximum absolute atomic E-state index is 5.93. The third-order valence-electron chi connectivity index (χ3n) is 9.61. The predicted octanol–water partition coefficient (Wildman–Crippen LogP) is 15.6. The van der Waals surface area contributed by atoms with E-state index in [2.05, 4.69) is 166 Å². The molecule has 0 saturated carbocycles. The molecule has 3 aromatic carbocycles. The van der Waals surface area contributed by atoms with Crippen molar-refractivity contribution in [2.75, 3.05) is 19.0 Å². The van der Waals surface area contributed by atoms with Gasteiger partial charge in [-0.25, -0.2) is 0 Å². The first-order valence-electron chi connectivity index (χ1n) is 21.9. The second-order valence-electron chi connectivity index (χ2n) is 22.7. The molecule has 3 heterocycles. The van der Waals surface area contributed by atoms with E-state index in [4.69, 9.17) is 9.47 Å². The zero-order valence-electron chi connectivity index (χ0n) is 41.8. The van der Waals surface area contributed by atoms with Crippen LogP contribution in [0.5, 0.6) is 11.5 Å². The number of benzene rings is 3. The van der Waals surface area contributed by atoms with Crippen molar-refractivity contribution in [3.63, 3.8) is 0 Å². The van der Waals surface area contributed by atoms with Crippen molar-refractivity contribution in [1.29, 1.82) is 0 Å². The largest absolute Gasteiger partial charge is 0.547 e. The van der Waals surface area contributed by atoms with E-state index >= 15 is 0 Å². The molecule has 0 atom stereocenters. The minimum absolute atomic E-state index is 0. The minimum atomic E-state index is 0. The maximum Gasteiger partial charge on any atom is 0.0884 e. The Bertz CT molecular complexity index is 1940. The van der Waals surface area contributed by atoms with E-state index in [-0.39, 0.29) is 90.3 Å². The minimum Gasteiger partial charge on any atom is -0.547 e. The summed E-state index contributed by atoms with van der Waals surface area (Å²) in [5, 5.41) is 0. The number of ether oxygens (including phenoxy) is 2. The zero-order valence-corrected chi connectivity index (χ0v) is 52.2.